The molecule has 0 bridgehead atoms. The summed E-state index contributed by atoms with van der Waals surface area (Å²) in [6.07, 6.45) is 0.903. The Bertz CT molecular complexity index is 556. The number of hydrogen-bond donors (Lipinski definition) is 0. The van der Waals surface area contributed by atoms with Crippen molar-refractivity contribution in [2.45, 2.75) is 37.1 Å². The van der Waals surface area contributed by atoms with E-state index in [0.29, 0.717) is 29.9 Å². The van der Waals surface area contributed by atoms with Crippen molar-refractivity contribution in [3.05, 3.63) is 29.8 Å². The van der Waals surface area contributed by atoms with Crippen LogP contribution >= 0.6 is 11.6 Å². The van der Waals surface area contributed by atoms with Crippen molar-refractivity contribution in [1.29, 1.82) is 0 Å². The Balaban J connectivity index is 2.13. The van der Waals surface area contributed by atoms with Crippen molar-refractivity contribution in [2.75, 3.05) is 26.2 Å². The normalized spacial score (nSPS) is 20.3. The fourth-order valence-corrected chi connectivity index (χ4v) is 4.54. The summed E-state index contributed by atoms with van der Waals surface area (Å²) in [5, 5.41) is 0. The van der Waals surface area contributed by atoms with Crippen molar-refractivity contribution in [2.24, 2.45) is 0 Å². The van der Waals surface area contributed by atoms with Crippen molar-refractivity contribution in [3.8, 4) is 0 Å². The number of nitrogens with zero attached hydrogens (tertiary/aromatic N) is 2. The maximum absolute atomic E-state index is 12.7. The molecule has 6 heteroatoms. The Morgan fingerprint density at radius 1 is 1.24 bits per heavy atom. The molecule has 4 nitrogen and oxygen atoms in total. The predicted molar refractivity (Wildman–Crippen MR) is 86.1 cm³/mol. The molecule has 0 amide bonds. The lowest BCUT2D eigenvalue weighted by Crippen LogP contribution is -2.38. The number of rotatable bonds is 6. The molecule has 1 aromatic carbocycles. The third-order valence-electron chi connectivity index (χ3n) is 4.17. The van der Waals surface area contributed by atoms with Gasteiger partial charge in [0.2, 0.25) is 10.0 Å². The molecule has 1 unspecified atom stereocenters. The highest BCUT2D eigenvalue weighted by atomic mass is 35.5. The quantitative estimate of drug-likeness (QED) is 0.753. The third-order valence-corrected chi connectivity index (χ3v) is 6.36. The van der Waals surface area contributed by atoms with Gasteiger partial charge in [0.15, 0.2) is 0 Å². The smallest absolute Gasteiger partial charge is 0.243 e. The van der Waals surface area contributed by atoms with E-state index in [9.17, 15) is 8.42 Å². The van der Waals surface area contributed by atoms with Crippen LogP contribution in [0.15, 0.2) is 29.2 Å². The molecule has 0 N–H and O–H groups in total. The van der Waals surface area contributed by atoms with Crippen LogP contribution in [0.4, 0.5) is 0 Å². The van der Waals surface area contributed by atoms with Gasteiger partial charge in [-0.1, -0.05) is 26.0 Å². The second-order valence-corrected chi connectivity index (χ2v) is 7.51. The van der Waals surface area contributed by atoms with Gasteiger partial charge in [0, 0.05) is 25.0 Å². The molecule has 1 atom stereocenters. The van der Waals surface area contributed by atoms with Crippen LogP contribution in [-0.4, -0.2) is 49.8 Å². The van der Waals surface area contributed by atoms with Gasteiger partial charge in [-0.2, -0.15) is 4.31 Å². The highest BCUT2D eigenvalue weighted by Gasteiger charge is 2.34. The van der Waals surface area contributed by atoms with Crippen LogP contribution in [0, 0.1) is 0 Å². The van der Waals surface area contributed by atoms with E-state index in [-0.39, 0.29) is 0 Å². The minimum atomic E-state index is -3.38. The van der Waals surface area contributed by atoms with E-state index in [1.807, 2.05) is 0 Å². The molecule has 1 aliphatic heterocycles. The summed E-state index contributed by atoms with van der Waals surface area (Å²) < 4.78 is 26.9. The lowest BCUT2D eigenvalue weighted by atomic mass is 10.2. The standard InChI is InChI=1S/C15H23ClN2O2S/c1-3-17(4-2)14-9-10-18(12-14)21(19,20)15-7-5-13(11-16)6-8-15/h5-8,14H,3-4,9-12H2,1-2H3. The highest BCUT2D eigenvalue weighted by molar-refractivity contribution is 7.89. The number of halogens is 1. The van der Waals surface area contributed by atoms with Gasteiger partial charge in [0.1, 0.15) is 0 Å². The number of alkyl halides is 1. The minimum absolute atomic E-state index is 0.330. The molecule has 1 aliphatic rings. The second-order valence-electron chi connectivity index (χ2n) is 5.30. The topological polar surface area (TPSA) is 40.6 Å². The van der Waals surface area contributed by atoms with Crippen molar-refractivity contribution >= 4 is 21.6 Å². The number of hydrogen-bond acceptors (Lipinski definition) is 3. The molecule has 1 aromatic rings. The average Bonchev–Trinajstić information content (AvgIpc) is 2.99. The van der Waals surface area contributed by atoms with Crippen LogP contribution in [-0.2, 0) is 15.9 Å². The van der Waals surface area contributed by atoms with E-state index >= 15 is 0 Å². The maximum Gasteiger partial charge on any atom is 0.243 e. The number of benzene rings is 1. The first kappa shape index (κ1) is 16.7. The minimum Gasteiger partial charge on any atom is -0.300 e. The molecule has 1 heterocycles. The summed E-state index contributed by atoms with van der Waals surface area (Å²) >= 11 is 5.74. The van der Waals surface area contributed by atoms with Crippen molar-refractivity contribution in [1.82, 2.24) is 9.21 Å². The van der Waals surface area contributed by atoms with Gasteiger partial charge >= 0.3 is 0 Å². The third kappa shape index (κ3) is 3.59. The Morgan fingerprint density at radius 3 is 2.38 bits per heavy atom. The van der Waals surface area contributed by atoms with Crippen LogP contribution in [0.5, 0.6) is 0 Å². The predicted octanol–water partition coefficient (Wildman–Crippen LogP) is 2.53. The van der Waals surface area contributed by atoms with Gasteiger partial charge in [0.05, 0.1) is 4.90 Å². The number of likely N-dealkylation sites (N-methyl/N-ethyl adjacent to an activating group) is 1. The summed E-state index contributed by atoms with van der Waals surface area (Å²) in [5.74, 6) is 0.397. The van der Waals surface area contributed by atoms with E-state index in [1.54, 1.807) is 28.6 Å². The zero-order valence-electron chi connectivity index (χ0n) is 12.6. The molecule has 2 rings (SSSR count). The first-order valence-corrected chi connectivity index (χ1v) is 9.39. The fraction of sp³-hybridized carbons (Fsp3) is 0.600. The van der Waals surface area contributed by atoms with Gasteiger partial charge in [-0.05, 0) is 37.2 Å². The molecular formula is C15H23ClN2O2S. The molecule has 1 saturated heterocycles. The summed E-state index contributed by atoms with van der Waals surface area (Å²) in [6, 6.07) is 7.18. The van der Waals surface area contributed by atoms with Gasteiger partial charge in [-0.25, -0.2) is 8.42 Å². The number of sulfonamides is 1. The largest absolute Gasteiger partial charge is 0.300 e. The van der Waals surface area contributed by atoms with Crippen LogP contribution in [0.25, 0.3) is 0 Å². The fourth-order valence-electron chi connectivity index (χ4n) is 2.87. The average molecular weight is 331 g/mol. The Morgan fingerprint density at radius 2 is 1.86 bits per heavy atom. The monoisotopic (exact) mass is 330 g/mol. The summed E-state index contributed by atoms with van der Waals surface area (Å²) in [5.41, 5.74) is 0.929. The molecule has 0 aromatic heterocycles. The lowest BCUT2D eigenvalue weighted by Gasteiger charge is -2.26. The highest BCUT2D eigenvalue weighted by Crippen LogP contribution is 2.24. The lowest BCUT2D eigenvalue weighted by molar-refractivity contribution is 0.224. The van der Waals surface area contributed by atoms with E-state index in [2.05, 4.69) is 18.7 Å². The van der Waals surface area contributed by atoms with Crippen molar-refractivity contribution in [3.63, 3.8) is 0 Å². The van der Waals surface area contributed by atoms with Crippen LogP contribution in [0.2, 0.25) is 0 Å². The molecule has 0 radical (unpaired) electrons. The van der Waals surface area contributed by atoms with E-state index < -0.39 is 10.0 Å². The Kier molecular flexibility index (Phi) is 5.66. The zero-order valence-corrected chi connectivity index (χ0v) is 14.2. The van der Waals surface area contributed by atoms with Gasteiger partial charge in [0.25, 0.3) is 0 Å². The zero-order chi connectivity index (χ0) is 15.5. The summed E-state index contributed by atoms with van der Waals surface area (Å²) in [6.45, 7) is 7.33. The van der Waals surface area contributed by atoms with Crippen molar-refractivity contribution < 1.29 is 8.42 Å². The first-order valence-electron chi connectivity index (χ1n) is 7.42. The maximum atomic E-state index is 12.7. The molecule has 1 fully saturated rings. The SMILES string of the molecule is CCN(CC)C1CCN(S(=O)(=O)c2ccc(CCl)cc2)C1. The molecule has 21 heavy (non-hydrogen) atoms. The van der Waals surface area contributed by atoms with E-state index in [0.717, 1.165) is 25.1 Å². The Labute approximate surface area is 132 Å². The molecule has 0 saturated carbocycles. The van der Waals surface area contributed by atoms with Crippen LogP contribution < -0.4 is 0 Å². The molecular weight excluding hydrogens is 308 g/mol. The molecule has 118 valence electrons. The Hall–Kier alpha value is -0.620. The first-order chi connectivity index (χ1) is 10.0. The van der Waals surface area contributed by atoms with Crippen LogP contribution in [0.1, 0.15) is 25.8 Å². The van der Waals surface area contributed by atoms with Gasteiger partial charge in [-0.3, -0.25) is 4.90 Å². The summed E-state index contributed by atoms with van der Waals surface area (Å²) in [4.78, 5) is 2.68. The van der Waals surface area contributed by atoms with Gasteiger partial charge < -0.3 is 0 Å². The molecule has 0 spiro atoms. The summed E-state index contributed by atoms with van der Waals surface area (Å²) in [7, 11) is -3.38. The second kappa shape index (κ2) is 7.09. The van der Waals surface area contributed by atoms with E-state index in [4.69, 9.17) is 11.6 Å². The van der Waals surface area contributed by atoms with Gasteiger partial charge in [-0.15, -0.1) is 11.6 Å². The van der Waals surface area contributed by atoms with Crippen LogP contribution in [0.3, 0.4) is 0 Å². The van der Waals surface area contributed by atoms with E-state index in [1.165, 1.54) is 0 Å². The molecule has 0 aliphatic carbocycles.